The normalized spacial score (nSPS) is 25.9. The lowest BCUT2D eigenvalue weighted by atomic mass is 9.67. The SMILES string of the molecule is CC(O)C(=O)N1CCC(C2N(C(=O)OC(C)(C)C)CC2(C)C)CC1. The fourth-order valence-corrected chi connectivity index (χ4v) is 4.03. The molecule has 0 aliphatic carbocycles. The van der Waals surface area contributed by atoms with Gasteiger partial charge in [-0.15, -0.1) is 0 Å². The van der Waals surface area contributed by atoms with E-state index in [9.17, 15) is 14.7 Å². The van der Waals surface area contributed by atoms with Crippen LogP contribution in [0.3, 0.4) is 0 Å². The van der Waals surface area contributed by atoms with Gasteiger partial charge in [0.1, 0.15) is 11.7 Å². The quantitative estimate of drug-likeness (QED) is 0.837. The van der Waals surface area contributed by atoms with Crippen molar-refractivity contribution in [1.29, 1.82) is 0 Å². The van der Waals surface area contributed by atoms with Gasteiger partial charge in [0.25, 0.3) is 5.91 Å². The number of carbonyl (C=O) groups is 2. The number of hydrogen-bond donors (Lipinski definition) is 1. The summed E-state index contributed by atoms with van der Waals surface area (Å²) in [7, 11) is 0. The Labute approximate surface area is 145 Å². The van der Waals surface area contributed by atoms with E-state index in [1.54, 1.807) is 4.90 Å². The Hall–Kier alpha value is -1.30. The second-order valence-corrected chi connectivity index (χ2v) is 8.88. The van der Waals surface area contributed by atoms with E-state index in [-0.39, 0.29) is 23.5 Å². The molecule has 2 aliphatic rings. The van der Waals surface area contributed by atoms with Gasteiger partial charge < -0.3 is 19.6 Å². The van der Waals surface area contributed by atoms with E-state index in [0.29, 0.717) is 25.6 Å². The predicted octanol–water partition coefficient (Wildman–Crippen LogP) is 2.25. The van der Waals surface area contributed by atoms with Crippen molar-refractivity contribution >= 4 is 12.0 Å². The van der Waals surface area contributed by atoms with Gasteiger partial charge in [0, 0.05) is 31.1 Å². The van der Waals surface area contributed by atoms with Gasteiger partial charge in [-0.3, -0.25) is 4.79 Å². The average molecular weight is 340 g/mol. The van der Waals surface area contributed by atoms with Crippen LogP contribution in [-0.4, -0.2) is 64.3 Å². The zero-order chi connectivity index (χ0) is 18.3. The van der Waals surface area contributed by atoms with Crippen molar-refractivity contribution < 1.29 is 19.4 Å². The number of hydrogen-bond acceptors (Lipinski definition) is 4. The topological polar surface area (TPSA) is 70.1 Å². The molecule has 0 aromatic carbocycles. The number of amides is 2. The van der Waals surface area contributed by atoms with Gasteiger partial charge in [-0.1, -0.05) is 13.8 Å². The third-order valence-corrected chi connectivity index (χ3v) is 5.00. The Balaban J connectivity index is 1.99. The van der Waals surface area contributed by atoms with Crippen LogP contribution in [0.4, 0.5) is 4.79 Å². The Kier molecular flexibility index (Phi) is 5.19. The summed E-state index contributed by atoms with van der Waals surface area (Å²) in [5.74, 6) is 0.157. The number of rotatable bonds is 2. The smallest absolute Gasteiger partial charge is 0.410 e. The van der Waals surface area contributed by atoms with Crippen molar-refractivity contribution in [3.63, 3.8) is 0 Å². The molecule has 2 fully saturated rings. The van der Waals surface area contributed by atoms with Gasteiger partial charge in [0.2, 0.25) is 0 Å². The summed E-state index contributed by atoms with van der Waals surface area (Å²) in [6.45, 7) is 13.5. The van der Waals surface area contributed by atoms with Crippen LogP contribution in [0, 0.1) is 11.3 Å². The maximum atomic E-state index is 12.4. The summed E-state index contributed by atoms with van der Waals surface area (Å²) in [4.78, 5) is 27.9. The van der Waals surface area contributed by atoms with E-state index < -0.39 is 11.7 Å². The summed E-state index contributed by atoms with van der Waals surface area (Å²) in [5.41, 5.74) is -0.424. The molecule has 2 aliphatic heterocycles. The third kappa shape index (κ3) is 4.02. The molecule has 1 N–H and O–H groups in total. The van der Waals surface area contributed by atoms with Crippen molar-refractivity contribution in [2.75, 3.05) is 19.6 Å². The lowest BCUT2D eigenvalue weighted by Gasteiger charge is -2.58. The Morgan fingerprint density at radius 2 is 1.75 bits per heavy atom. The number of aliphatic hydroxyl groups is 1. The van der Waals surface area contributed by atoms with Gasteiger partial charge in [0.15, 0.2) is 0 Å². The summed E-state index contributed by atoms with van der Waals surface area (Å²) < 4.78 is 5.54. The molecule has 0 aromatic heterocycles. The molecule has 6 nitrogen and oxygen atoms in total. The lowest BCUT2D eigenvalue weighted by Crippen LogP contribution is -2.68. The fourth-order valence-electron chi connectivity index (χ4n) is 4.03. The van der Waals surface area contributed by atoms with E-state index in [0.717, 1.165) is 12.8 Å². The number of aliphatic hydroxyl groups excluding tert-OH is 1. The number of piperidine rings is 1. The Morgan fingerprint density at radius 1 is 1.21 bits per heavy atom. The Morgan fingerprint density at radius 3 is 2.17 bits per heavy atom. The first-order valence-corrected chi connectivity index (χ1v) is 8.89. The largest absolute Gasteiger partial charge is 0.444 e. The van der Waals surface area contributed by atoms with Crippen LogP contribution in [0.15, 0.2) is 0 Å². The minimum absolute atomic E-state index is 0.0675. The molecule has 0 saturated carbocycles. The maximum absolute atomic E-state index is 12.4. The minimum Gasteiger partial charge on any atom is -0.444 e. The number of likely N-dealkylation sites (tertiary alicyclic amines) is 2. The zero-order valence-electron chi connectivity index (χ0n) is 15.8. The molecule has 2 saturated heterocycles. The maximum Gasteiger partial charge on any atom is 0.410 e. The molecule has 2 atom stereocenters. The van der Waals surface area contributed by atoms with Gasteiger partial charge >= 0.3 is 6.09 Å². The molecule has 24 heavy (non-hydrogen) atoms. The molecule has 2 heterocycles. The zero-order valence-corrected chi connectivity index (χ0v) is 15.8. The van der Waals surface area contributed by atoms with E-state index in [4.69, 9.17) is 4.74 Å². The summed E-state index contributed by atoms with van der Waals surface area (Å²) in [6.07, 6.45) is 0.520. The van der Waals surface area contributed by atoms with E-state index >= 15 is 0 Å². The molecule has 0 radical (unpaired) electrons. The number of nitrogens with zero attached hydrogens (tertiary/aromatic N) is 2. The average Bonchev–Trinajstić information content (AvgIpc) is 2.43. The molecule has 0 aromatic rings. The summed E-state index contributed by atoms with van der Waals surface area (Å²) in [5, 5.41) is 9.45. The van der Waals surface area contributed by atoms with Gasteiger partial charge in [-0.2, -0.15) is 0 Å². The van der Waals surface area contributed by atoms with Crippen molar-refractivity contribution in [3.05, 3.63) is 0 Å². The van der Waals surface area contributed by atoms with E-state index in [1.807, 2.05) is 25.7 Å². The molecule has 138 valence electrons. The highest BCUT2D eigenvalue weighted by Gasteiger charge is 2.53. The van der Waals surface area contributed by atoms with Crippen LogP contribution in [0.25, 0.3) is 0 Å². The summed E-state index contributed by atoms with van der Waals surface area (Å²) in [6, 6.07) is 0.149. The fraction of sp³-hybridized carbons (Fsp3) is 0.889. The van der Waals surface area contributed by atoms with E-state index in [2.05, 4.69) is 13.8 Å². The monoisotopic (exact) mass is 340 g/mol. The first-order valence-electron chi connectivity index (χ1n) is 8.89. The highest BCUT2D eigenvalue weighted by molar-refractivity contribution is 5.80. The second kappa shape index (κ2) is 6.54. The van der Waals surface area contributed by atoms with Crippen LogP contribution < -0.4 is 0 Å². The van der Waals surface area contributed by atoms with Crippen molar-refractivity contribution in [2.45, 2.75) is 72.1 Å². The minimum atomic E-state index is -0.944. The van der Waals surface area contributed by atoms with Crippen molar-refractivity contribution in [3.8, 4) is 0 Å². The third-order valence-electron chi connectivity index (χ3n) is 5.00. The van der Waals surface area contributed by atoms with Gasteiger partial charge in [-0.25, -0.2) is 4.79 Å². The molecular weight excluding hydrogens is 308 g/mol. The first-order chi connectivity index (χ1) is 10.9. The van der Waals surface area contributed by atoms with Crippen LogP contribution in [-0.2, 0) is 9.53 Å². The van der Waals surface area contributed by atoms with Crippen LogP contribution in [0.1, 0.15) is 54.4 Å². The molecule has 2 unspecified atom stereocenters. The lowest BCUT2D eigenvalue weighted by molar-refractivity contribution is -0.143. The molecular formula is C18H32N2O4. The van der Waals surface area contributed by atoms with Crippen LogP contribution in [0.2, 0.25) is 0 Å². The number of carbonyl (C=O) groups excluding carboxylic acids is 2. The van der Waals surface area contributed by atoms with Gasteiger partial charge in [-0.05, 0) is 46.5 Å². The number of ether oxygens (including phenoxy) is 1. The Bertz CT molecular complexity index is 488. The van der Waals surface area contributed by atoms with Crippen molar-refractivity contribution in [1.82, 2.24) is 9.80 Å². The first kappa shape index (κ1) is 19.0. The second-order valence-electron chi connectivity index (χ2n) is 8.88. The molecule has 2 amide bonds. The molecule has 0 spiro atoms. The van der Waals surface area contributed by atoms with Crippen LogP contribution >= 0.6 is 0 Å². The molecule has 0 bridgehead atoms. The predicted molar refractivity (Wildman–Crippen MR) is 91.5 cm³/mol. The molecule has 2 rings (SSSR count). The summed E-state index contributed by atoms with van der Waals surface area (Å²) >= 11 is 0. The standard InChI is InChI=1S/C18H32N2O4/c1-12(21)15(22)19-9-7-13(8-10-19)14-18(5,6)11-20(14)16(23)24-17(2,3)4/h12-14,21H,7-11H2,1-6H3. The van der Waals surface area contributed by atoms with Crippen molar-refractivity contribution in [2.24, 2.45) is 11.3 Å². The van der Waals surface area contributed by atoms with Crippen LogP contribution in [0.5, 0.6) is 0 Å². The molecule has 6 heteroatoms. The highest BCUT2D eigenvalue weighted by Crippen LogP contribution is 2.45. The van der Waals surface area contributed by atoms with E-state index in [1.165, 1.54) is 6.92 Å². The van der Waals surface area contributed by atoms with Gasteiger partial charge in [0.05, 0.1) is 0 Å². The highest BCUT2D eigenvalue weighted by atomic mass is 16.6.